The van der Waals surface area contributed by atoms with E-state index in [1.165, 1.54) is 0 Å². The first-order valence-corrected chi connectivity index (χ1v) is 6.54. The third kappa shape index (κ3) is 2.14. The van der Waals surface area contributed by atoms with Gasteiger partial charge in [0.15, 0.2) is 0 Å². The second kappa shape index (κ2) is 4.57. The molecule has 0 saturated carbocycles. The van der Waals surface area contributed by atoms with Crippen molar-refractivity contribution in [2.45, 2.75) is 38.1 Å². The highest BCUT2D eigenvalue weighted by Gasteiger charge is 2.31. The fourth-order valence-corrected chi connectivity index (χ4v) is 2.61. The lowest BCUT2D eigenvalue weighted by Gasteiger charge is -2.15. The highest BCUT2D eigenvalue weighted by Crippen LogP contribution is 2.33. The molecule has 3 nitrogen and oxygen atoms in total. The van der Waals surface area contributed by atoms with Crippen LogP contribution in [-0.4, -0.2) is 17.3 Å². The van der Waals surface area contributed by atoms with Crippen LogP contribution in [0, 0.1) is 0 Å². The predicted octanol–water partition coefficient (Wildman–Crippen LogP) is 3.69. The summed E-state index contributed by atoms with van der Waals surface area (Å²) in [5, 5.41) is 11.8. The predicted molar refractivity (Wildman–Crippen MR) is 69.8 cm³/mol. The van der Waals surface area contributed by atoms with E-state index in [9.17, 15) is 5.11 Å². The average molecular weight is 267 g/mol. The molecule has 1 fully saturated rings. The molecule has 0 bridgehead atoms. The van der Waals surface area contributed by atoms with Crippen LogP contribution in [0.25, 0.3) is 11.0 Å². The van der Waals surface area contributed by atoms with Crippen LogP contribution in [0.1, 0.15) is 31.6 Å². The minimum atomic E-state index is -0.707. The average Bonchev–Trinajstić information content (AvgIpc) is 2.93. The smallest absolute Gasteiger partial charge is 0.138 e. The molecule has 2 heterocycles. The van der Waals surface area contributed by atoms with Crippen LogP contribution >= 0.6 is 11.6 Å². The Labute approximate surface area is 110 Å². The number of aliphatic hydroxyl groups is 1. The van der Waals surface area contributed by atoms with Crippen LogP contribution < -0.4 is 0 Å². The Morgan fingerprint density at radius 1 is 1.33 bits per heavy atom. The van der Waals surface area contributed by atoms with Gasteiger partial charge in [0.2, 0.25) is 0 Å². The maximum absolute atomic E-state index is 10.3. The number of aliphatic hydroxyl groups excluding tert-OH is 1. The van der Waals surface area contributed by atoms with Crippen molar-refractivity contribution in [3.05, 3.63) is 35.0 Å². The van der Waals surface area contributed by atoms with E-state index in [4.69, 9.17) is 20.8 Å². The van der Waals surface area contributed by atoms with Crippen LogP contribution in [0.5, 0.6) is 0 Å². The molecule has 4 heteroatoms. The molecule has 3 rings (SSSR count). The summed E-state index contributed by atoms with van der Waals surface area (Å²) in [6.07, 6.45) is 1.18. The van der Waals surface area contributed by atoms with Gasteiger partial charge in [-0.3, -0.25) is 0 Å². The first-order chi connectivity index (χ1) is 8.63. The van der Waals surface area contributed by atoms with Crippen molar-refractivity contribution in [2.75, 3.05) is 0 Å². The molecule has 1 aliphatic heterocycles. The molecule has 3 atom stereocenters. The Balaban J connectivity index is 1.89. The monoisotopic (exact) mass is 266 g/mol. The minimum Gasteiger partial charge on any atom is -0.458 e. The van der Waals surface area contributed by atoms with Gasteiger partial charge in [0.1, 0.15) is 17.4 Å². The third-order valence-corrected chi connectivity index (χ3v) is 3.64. The molecular weight excluding hydrogens is 252 g/mol. The number of hydrogen-bond acceptors (Lipinski definition) is 3. The van der Waals surface area contributed by atoms with E-state index in [-0.39, 0.29) is 12.2 Å². The van der Waals surface area contributed by atoms with Gasteiger partial charge in [-0.1, -0.05) is 11.6 Å². The van der Waals surface area contributed by atoms with Crippen LogP contribution in [0.3, 0.4) is 0 Å². The molecule has 1 saturated heterocycles. The Morgan fingerprint density at radius 3 is 2.89 bits per heavy atom. The number of benzene rings is 1. The van der Waals surface area contributed by atoms with Crippen LogP contribution in [0.15, 0.2) is 28.7 Å². The third-order valence-electron chi connectivity index (χ3n) is 3.41. The van der Waals surface area contributed by atoms with Gasteiger partial charge in [0.05, 0.1) is 12.2 Å². The van der Waals surface area contributed by atoms with Gasteiger partial charge in [0.25, 0.3) is 0 Å². The zero-order valence-corrected chi connectivity index (χ0v) is 10.9. The largest absolute Gasteiger partial charge is 0.458 e. The molecule has 0 radical (unpaired) electrons. The van der Waals surface area contributed by atoms with Gasteiger partial charge in [0, 0.05) is 10.4 Å². The summed E-state index contributed by atoms with van der Waals surface area (Å²) in [6.45, 7) is 2.02. The van der Waals surface area contributed by atoms with Crippen LogP contribution in [0.2, 0.25) is 5.02 Å². The topological polar surface area (TPSA) is 42.6 Å². The molecule has 0 aliphatic carbocycles. The lowest BCUT2D eigenvalue weighted by molar-refractivity contribution is -0.0374. The van der Waals surface area contributed by atoms with Crippen molar-refractivity contribution in [3.63, 3.8) is 0 Å². The number of hydrogen-bond donors (Lipinski definition) is 1. The normalized spacial score (nSPS) is 25.7. The number of ether oxygens (including phenoxy) is 1. The molecule has 1 aromatic heterocycles. The molecule has 96 valence electrons. The van der Waals surface area contributed by atoms with E-state index >= 15 is 0 Å². The van der Waals surface area contributed by atoms with Gasteiger partial charge in [-0.25, -0.2) is 0 Å². The number of rotatable bonds is 2. The second-order valence-corrected chi connectivity index (χ2v) is 5.27. The lowest BCUT2D eigenvalue weighted by atomic mass is 10.1. The molecule has 1 N–H and O–H groups in total. The molecular formula is C14H15ClO3. The van der Waals surface area contributed by atoms with Crippen LogP contribution in [-0.2, 0) is 4.74 Å². The molecule has 0 amide bonds. The number of fused-ring (bicyclic) bond motifs is 1. The van der Waals surface area contributed by atoms with E-state index in [1.54, 1.807) is 6.07 Å². The quantitative estimate of drug-likeness (QED) is 0.901. The molecule has 2 aromatic rings. The fraction of sp³-hybridized carbons (Fsp3) is 0.429. The first-order valence-electron chi connectivity index (χ1n) is 6.16. The summed E-state index contributed by atoms with van der Waals surface area (Å²) < 4.78 is 11.3. The van der Waals surface area contributed by atoms with Crippen molar-refractivity contribution in [1.29, 1.82) is 0 Å². The Hall–Kier alpha value is -1.03. The second-order valence-electron chi connectivity index (χ2n) is 4.84. The van der Waals surface area contributed by atoms with E-state index in [1.807, 2.05) is 25.1 Å². The minimum absolute atomic E-state index is 0.170. The fourth-order valence-electron chi connectivity index (χ4n) is 2.43. The van der Waals surface area contributed by atoms with Crippen LogP contribution in [0.4, 0.5) is 0 Å². The zero-order chi connectivity index (χ0) is 12.7. The molecule has 3 unspecified atom stereocenters. The van der Waals surface area contributed by atoms with E-state index in [2.05, 4.69) is 0 Å². The summed E-state index contributed by atoms with van der Waals surface area (Å²) in [5.41, 5.74) is 0.736. The molecule has 18 heavy (non-hydrogen) atoms. The summed E-state index contributed by atoms with van der Waals surface area (Å²) in [6, 6.07) is 7.25. The summed E-state index contributed by atoms with van der Waals surface area (Å²) >= 11 is 5.92. The van der Waals surface area contributed by atoms with Crippen molar-refractivity contribution in [3.8, 4) is 0 Å². The molecule has 0 spiro atoms. The van der Waals surface area contributed by atoms with E-state index < -0.39 is 6.10 Å². The molecule has 1 aliphatic rings. The van der Waals surface area contributed by atoms with Crippen molar-refractivity contribution < 1.29 is 14.3 Å². The van der Waals surface area contributed by atoms with E-state index in [0.717, 1.165) is 23.8 Å². The highest BCUT2D eigenvalue weighted by molar-refractivity contribution is 6.31. The Bertz CT molecular complexity index is 563. The Morgan fingerprint density at radius 2 is 2.17 bits per heavy atom. The lowest BCUT2D eigenvalue weighted by Crippen LogP contribution is -2.18. The number of halogens is 1. The molecule has 1 aromatic carbocycles. The van der Waals surface area contributed by atoms with Crippen molar-refractivity contribution >= 4 is 22.6 Å². The standard InChI is InChI=1S/C14H15ClO3/c1-8-2-4-12(17-8)14(16)13-7-9-6-10(15)3-5-11(9)18-13/h3,5-8,12,14,16H,2,4H2,1H3. The number of furan rings is 1. The van der Waals surface area contributed by atoms with Gasteiger partial charge >= 0.3 is 0 Å². The first kappa shape index (κ1) is 12.0. The summed E-state index contributed by atoms with van der Waals surface area (Å²) in [7, 11) is 0. The van der Waals surface area contributed by atoms with Gasteiger partial charge < -0.3 is 14.3 Å². The zero-order valence-electron chi connectivity index (χ0n) is 10.1. The summed E-state index contributed by atoms with van der Waals surface area (Å²) in [4.78, 5) is 0. The van der Waals surface area contributed by atoms with Gasteiger partial charge in [-0.15, -0.1) is 0 Å². The summed E-state index contributed by atoms with van der Waals surface area (Å²) in [5.74, 6) is 0.548. The van der Waals surface area contributed by atoms with Crippen molar-refractivity contribution in [1.82, 2.24) is 0 Å². The maximum atomic E-state index is 10.3. The SMILES string of the molecule is CC1CCC(C(O)c2cc3cc(Cl)ccc3o2)O1. The Kier molecular flexibility index (Phi) is 3.06. The van der Waals surface area contributed by atoms with Gasteiger partial charge in [-0.2, -0.15) is 0 Å². The van der Waals surface area contributed by atoms with Gasteiger partial charge in [-0.05, 0) is 44.0 Å². The van der Waals surface area contributed by atoms with E-state index in [0.29, 0.717) is 10.8 Å². The highest BCUT2D eigenvalue weighted by atomic mass is 35.5. The maximum Gasteiger partial charge on any atom is 0.138 e. The van der Waals surface area contributed by atoms with Crippen molar-refractivity contribution in [2.24, 2.45) is 0 Å².